The highest BCUT2D eigenvalue weighted by Gasteiger charge is 2.05. The largest absolute Gasteiger partial charge is 0.373 e. The highest BCUT2D eigenvalue weighted by Crippen LogP contribution is 2.02. The van der Waals surface area contributed by atoms with Crippen molar-refractivity contribution < 1.29 is 0 Å². The number of aromatic nitrogens is 1. The molecule has 9 radical (unpaired) electrons. The zero-order valence-electron chi connectivity index (χ0n) is 34.6. The second-order valence-electron chi connectivity index (χ2n) is 12.0. The molecule has 2 aliphatic heterocycles. The topological polar surface area (TPSA) is 35.5 Å². The first-order chi connectivity index (χ1) is 19.6. The van der Waals surface area contributed by atoms with Gasteiger partial charge >= 0.3 is 0 Å². The van der Waals surface area contributed by atoms with Crippen LogP contribution >= 0.6 is 0 Å². The Morgan fingerprint density at radius 3 is 0.958 bits per heavy atom. The Morgan fingerprint density at radius 1 is 0.500 bits per heavy atom. The summed E-state index contributed by atoms with van der Waals surface area (Å²) in [4.78, 5) is 2.24. The van der Waals surface area contributed by atoms with Gasteiger partial charge in [0.1, 0.15) is 0 Å². The van der Waals surface area contributed by atoms with Crippen molar-refractivity contribution in [1.82, 2.24) is 25.2 Å². The molecule has 0 amide bonds. The smallest absolute Gasteiger partial charge is 0.0870 e. The highest BCUT2D eigenvalue weighted by atomic mass is 15.5. The third kappa shape index (κ3) is 84.8. The molecule has 0 aliphatic carbocycles. The summed E-state index contributed by atoms with van der Waals surface area (Å²) in [6.45, 7) is 46.5. The van der Waals surface area contributed by atoms with Crippen molar-refractivity contribution in [3.63, 3.8) is 0 Å². The minimum atomic E-state index is 0. The van der Waals surface area contributed by atoms with Gasteiger partial charge in [-0.1, -0.05) is 132 Å². The molecule has 1 aromatic heterocycles. The lowest BCUT2D eigenvalue weighted by Crippen LogP contribution is -2.34. The van der Waals surface area contributed by atoms with Crippen LogP contribution in [-0.2, 0) is 0 Å². The minimum Gasteiger partial charge on any atom is -0.373 e. The zero-order chi connectivity index (χ0) is 34.7. The third-order valence-corrected chi connectivity index (χ3v) is 3.76. The van der Waals surface area contributed by atoms with E-state index >= 15 is 0 Å². The van der Waals surface area contributed by atoms with Crippen molar-refractivity contribution in [3.8, 4) is 0 Å². The fourth-order valence-electron chi connectivity index (χ4n) is 2.14. The number of hydrogen-bond donors (Lipinski definition) is 2. The second-order valence-corrected chi connectivity index (χ2v) is 12.0. The van der Waals surface area contributed by atoms with E-state index in [0.29, 0.717) is 18.1 Å². The van der Waals surface area contributed by atoms with Crippen LogP contribution in [0.4, 0.5) is 0 Å². The Bertz CT molecular complexity index is 568. The molecule has 0 saturated carbocycles. The van der Waals surface area contributed by atoms with E-state index in [9.17, 15) is 0 Å². The van der Waals surface area contributed by atoms with Crippen molar-refractivity contribution in [2.75, 3.05) is 13.2 Å². The van der Waals surface area contributed by atoms with Gasteiger partial charge in [0.25, 0.3) is 0 Å². The second kappa shape index (κ2) is 63.9. The maximum absolute atomic E-state index is 3.18. The Labute approximate surface area is 315 Å². The average molecular weight is 679 g/mol. The summed E-state index contributed by atoms with van der Waals surface area (Å²) >= 11 is 0. The molecule has 289 valence electrons. The van der Waals surface area contributed by atoms with Crippen LogP contribution in [0.3, 0.4) is 0 Å². The van der Waals surface area contributed by atoms with Crippen LogP contribution < -0.4 is 10.7 Å². The van der Waals surface area contributed by atoms with Gasteiger partial charge in [0.05, 0.1) is 6.67 Å². The molecular formula is C40H95B3N5. The Hall–Kier alpha value is -1.69. The van der Waals surface area contributed by atoms with E-state index in [0.717, 1.165) is 31.0 Å². The van der Waals surface area contributed by atoms with Crippen molar-refractivity contribution in [1.29, 1.82) is 0 Å². The van der Waals surface area contributed by atoms with Crippen molar-refractivity contribution >= 4 is 25.2 Å². The number of rotatable bonds is 3. The summed E-state index contributed by atoms with van der Waals surface area (Å²) in [5, 5.41) is 5.20. The van der Waals surface area contributed by atoms with Crippen LogP contribution in [0.15, 0.2) is 49.2 Å². The van der Waals surface area contributed by atoms with E-state index in [-0.39, 0.29) is 47.5 Å². The molecule has 0 unspecified atom stereocenters. The van der Waals surface area contributed by atoms with E-state index in [1.54, 1.807) is 0 Å². The van der Waals surface area contributed by atoms with Crippen molar-refractivity contribution in [3.05, 3.63) is 49.2 Å². The van der Waals surface area contributed by atoms with Gasteiger partial charge in [-0.15, -0.1) is 0 Å². The molecule has 0 aromatic carbocycles. The molecule has 0 saturated heterocycles. The first kappa shape index (κ1) is 80.8. The number of hydrazine groups is 1. The van der Waals surface area contributed by atoms with Crippen LogP contribution in [0.25, 0.3) is 0 Å². The lowest BCUT2D eigenvalue weighted by molar-refractivity contribution is 0.250. The quantitative estimate of drug-likeness (QED) is 0.312. The molecule has 1 aromatic rings. The number of hydrogen-bond acceptors (Lipinski definition) is 4. The fourth-order valence-corrected chi connectivity index (χ4v) is 2.14. The van der Waals surface area contributed by atoms with Gasteiger partial charge in [0.15, 0.2) is 0 Å². The van der Waals surface area contributed by atoms with E-state index < -0.39 is 0 Å². The molecule has 8 heteroatoms. The monoisotopic (exact) mass is 679 g/mol. The summed E-state index contributed by atoms with van der Waals surface area (Å²) in [6.07, 6.45) is 12.4. The summed E-state index contributed by atoms with van der Waals surface area (Å²) in [5.41, 5.74) is 3.18. The predicted octanol–water partition coefficient (Wildman–Crippen LogP) is 12.4. The Morgan fingerprint density at radius 2 is 0.833 bits per heavy atom. The lowest BCUT2D eigenvalue weighted by Gasteiger charge is -2.19. The Balaban J connectivity index is -0.0000000313. The van der Waals surface area contributed by atoms with Crippen LogP contribution in [0.2, 0.25) is 0 Å². The maximum Gasteiger partial charge on any atom is 0.0870 e. The van der Waals surface area contributed by atoms with Gasteiger partial charge in [-0.25, -0.2) is 5.43 Å². The predicted molar refractivity (Wildman–Crippen MR) is 236 cm³/mol. The van der Waals surface area contributed by atoms with Crippen LogP contribution in [-0.4, -0.2) is 65.0 Å². The van der Waals surface area contributed by atoms with Gasteiger partial charge in [0, 0.05) is 80.9 Å². The first-order valence-corrected chi connectivity index (χ1v) is 17.1. The molecular weight excluding hydrogens is 583 g/mol. The van der Waals surface area contributed by atoms with Crippen molar-refractivity contribution in [2.24, 2.45) is 17.8 Å². The normalized spacial score (nSPS) is 10.4. The molecule has 0 spiro atoms. The van der Waals surface area contributed by atoms with Gasteiger partial charge < -0.3 is 19.8 Å². The minimum absolute atomic E-state index is 0. The van der Waals surface area contributed by atoms with Gasteiger partial charge in [-0.3, -0.25) is 0 Å². The van der Waals surface area contributed by atoms with Gasteiger partial charge in [-0.05, 0) is 71.4 Å². The number of nitrogens with zero attached hydrogens (tertiary/aromatic N) is 3. The summed E-state index contributed by atoms with van der Waals surface area (Å²) in [6, 6.07) is 5.89. The van der Waals surface area contributed by atoms with E-state index in [1.165, 1.54) is 0 Å². The van der Waals surface area contributed by atoms with Gasteiger partial charge in [0.2, 0.25) is 0 Å². The Kier molecular flexibility index (Phi) is 108. The molecule has 2 aliphatic rings. The highest BCUT2D eigenvalue weighted by molar-refractivity contribution is 5.76. The molecule has 0 atom stereocenters. The fraction of sp³-hybridized carbons (Fsp3) is 0.800. The summed E-state index contributed by atoms with van der Waals surface area (Å²) < 4.78 is 2.17. The summed E-state index contributed by atoms with van der Waals surface area (Å²) in [5.74, 6) is 2.50. The molecule has 5 nitrogen and oxygen atoms in total. The van der Waals surface area contributed by atoms with Crippen LogP contribution in [0.1, 0.15) is 174 Å². The molecule has 3 rings (SSSR count). The van der Waals surface area contributed by atoms with Crippen LogP contribution in [0, 0.1) is 17.8 Å². The third-order valence-electron chi connectivity index (χ3n) is 3.76. The van der Waals surface area contributed by atoms with E-state index in [2.05, 4.69) is 160 Å². The molecule has 48 heavy (non-hydrogen) atoms. The zero-order valence-corrected chi connectivity index (χ0v) is 34.6. The molecule has 3 heterocycles. The first-order valence-electron chi connectivity index (χ1n) is 17.1. The number of nitrogens with one attached hydrogen (secondary N) is 2. The summed E-state index contributed by atoms with van der Waals surface area (Å²) in [7, 11) is 0. The van der Waals surface area contributed by atoms with Crippen molar-refractivity contribution in [2.45, 2.75) is 186 Å². The standard InChI is InChI=1S/C7H11N.2C6H12N2.3C4H10.3C2H6.3CH4.3B/c1-7(2)8-5-3-4-6-8;1-6(2)8-4-3-7-5-8;1-6(2)8-5-3-4-7-8;3*1-4(2)3;3*1-2;;;;;;/h3-7H,1-2H3;3-4,6-7H,5H2,1-2H3;3,5-7H,4H2,1-2H3;3*4H,1-3H3;3*1-2H3;3*1H4;;;. The molecule has 0 bridgehead atoms. The van der Waals surface area contributed by atoms with Gasteiger partial charge in [-0.2, -0.15) is 0 Å². The van der Waals surface area contributed by atoms with E-state index in [1.807, 2.05) is 59.9 Å². The van der Waals surface area contributed by atoms with E-state index in [4.69, 9.17) is 0 Å². The maximum atomic E-state index is 3.18. The average Bonchev–Trinajstić information content (AvgIpc) is 3.71. The van der Waals surface area contributed by atoms with Crippen LogP contribution in [0.5, 0.6) is 0 Å². The molecule has 2 N–H and O–H groups in total. The lowest BCUT2D eigenvalue weighted by atomic mass is 10.3. The SMILES string of the molecule is C.C.C.CC.CC.CC.CC(C)C.CC(C)C.CC(C)C.CC(C)N1C=CCN1.CC(C)N1C=CNC1.CC(C)n1cccc1.[B].[B].[B]. The molecule has 0 fully saturated rings.